The van der Waals surface area contributed by atoms with Crippen LogP contribution >= 0.6 is 0 Å². The Morgan fingerprint density at radius 1 is 1.45 bits per heavy atom. The number of hydrogen-bond acceptors (Lipinski definition) is 6. The molecule has 1 aromatic heterocycles. The molecule has 1 fully saturated rings. The van der Waals surface area contributed by atoms with Gasteiger partial charge in [-0.3, -0.25) is 14.5 Å². The molecule has 110 valence electrons. The molecular weight excluding hydrogens is 262 g/mol. The minimum atomic E-state index is -0.440. The topological polar surface area (TPSA) is 90.2 Å². The van der Waals surface area contributed by atoms with Crippen LogP contribution in [-0.4, -0.2) is 45.2 Å². The summed E-state index contributed by atoms with van der Waals surface area (Å²) >= 11 is 0. The summed E-state index contributed by atoms with van der Waals surface area (Å²) < 4.78 is 4.94. The van der Waals surface area contributed by atoms with E-state index >= 15 is 0 Å². The number of carbonyl (C=O) groups excluding carboxylic acids is 2. The molecule has 1 saturated heterocycles. The normalized spacial score (nSPS) is 18.6. The highest BCUT2D eigenvalue weighted by atomic mass is 16.5. The van der Waals surface area contributed by atoms with Gasteiger partial charge in [0.1, 0.15) is 0 Å². The summed E-state index contributed by atoms with van der Waals surface area (Å²) in [6.45, 7) is 5.07. The Morgan fingerprint density at radius 3 is 2.95 bits per heavy atom. The fraction of sp³-hybridized carbons (Fsp3) is 0.750. The molecule has 1 aliphatic heterocycles. The number of ether oxygens (including phenoxy) is 1. The molecule has 0 N–H and O–H groups in total. The quantitative estimate of drug-likeness (QED) is 0.701. The van der Waals surface area contributed by atoms with Crippen LogP contribution in [0.5, 0.6) is 0 Å². The Bertz CT molecular complexity index is 487. The van der Waals surface area contributed by atoms with Gasteiger partial charge in [-0.2, -0.15) is 4.80 Å². The molecular formula is C12H19N5O3. The average molecular weight is 281 g/mol. The third kappa shape index (κ3) is 3.12. The van der Waals surface area contributed by atoms with Crippen LogP contribution < -0.4 is 4.90 Å². The monoisotopic (exact) mass is 281 g/mol. The molecule has 2 heterocycles. The van der Waals surface area contributed by atoms with Crippen LogP contribution in [0.1, 0.15) is 33.1 Å². The van der Waals surface area contributed by atoms with Crippen molar-refractivity contribution in [3.8, 4) is 0 Å². The van der Waals surface area contributed by atoms with E-state index in [4.69, 9.17) is 4.74 Å². The van der Waals surface area contributed by atoms with E-state index in [0.717, 1.165) is 12.8 Å². The van der Waals surface area contributed by atoms with Gasteiger partial charge in [0.15, 0.2) is 0 Å². The maximum Gasteiger partial charge on any atom is 0.311 e. The van der Waals surface area contributed by atoms with Gasteiger partial charge in [0.05, 0.1) is 19.1 Å². The molecule has 0 spiro atoms. The molecule has 0 aliphatic carbocycles. The van der Waals surface area contributed by atoms with Gasteiger partial charge in [-0.05, 0) is 18.6 Å². The largest absolute Gasteiger partial charge is 0.466 e. The number of nitrogens with zero attached hydrogens (tertiary/aromatic N) is 5. The van der Waals surface area contributed by atoms with E-state index in [9.17, 15) is 9.59 Å². The van der Waals surface area contributed by atoms with Crippen molar-refractivity contribution >= 4 is 17.8 Å². The van der Waals surface area contributed by atoms with Gasteiger partial charge in [-0.1, -0.05) is 18.4 Å². The van der Waals surface area contributed by atoms with Crippen LogP contribution in [0.4, 0.5) is 5.95 Å². The molecule has 2 rings (SSSR count). The molecule has 20 heavy (non-hydrogen) atoms. The number of carbonyl (C=O) groups is 2. The van der Waals surface area contributed by atoms with Gasteiger partial charge >= 0.3 is 5.97 Å². The van der Waals surface area contributed by atoms with Crippen LogP contribution in [-0.2, 0) is 20.9 Å². The van der Waals surface area contributed by atoms with Gasteiger partial charge in [0, 0.05) is 13.0 Å². The number of amides is 1. The number of tetrazole rings is 1. The summed E-state index contributed by atoms with van der Waals surface area (Å²) in [6, 6.07) is 0. The summed E-state index contributed by atoms with van der Waals surface area (Å²) in [4.78, 5) is 26.4. The zero-order valence-electron chi connectivity index (χ0n) is 11.8. The lowest BCUT2D eigenvalue weighted by atomic mass is 10.1. The minimum Gasteiger partial charge on any atom is -0.466 e. The fourth-order valence-corrected chi connectivity index (χ4v) is 2.06. The molecule has 1 aromatic rings. The molecule has 0 radical (unpaired) electrons. The molecule has 1 unspecified atom stereocenters. The van der Waals surface area contributed by atoms with Crippen molar-refractivity contribution in [3.63, 3.8) is 0 Å². The first kappa shape index (κ1) is 14.4. The molecule has 1 aliphatic rings. The zero-order chi connectivity index (χ0) is 14.5. The summed E-state index contributed by atoms with van der Waals surface area (Å²) in [5.41, 5.74) is 0. The first-order chi connectivity index (χ1) is 9.65. The molecule has 0 aromatic carbocycles. The van der Waals surface area contributed by atoms with Gasteiger partial charge < -0.3 is 4.74 Å². The first-order valence-corrected chi connectivity index (χ1v) is 6.90. The molecule has 8 heteroatoms. The molecule has 8 nitrogen and oxygen atoms in total. The Morgan fingerprint density at radius 2 is 2.25 bits per heavy atom. The van der Waals surface area contributed by atoms with E-state index < -0.39 is 5.92 Å². The van der Waals surface area contributed by atoms with E-state index in [1.165, 1.54) is 9.70 Å². The third-order valence-electron chi connectivity index (χ3n) is 3.14. The van der Waals surface area contributed by atoms with Gasteiger partial charge in [0.25, 0.3) is 5.95 Å². The smallest absolute Gasteiger partial charge is 0.311 e. The van der Waals surface area contributed by atoms with Crippen LogP contribution in [0, 0.1) is 5.92 Å². The molecule has 1 atom stereocenters. The zero-order valence-corrected chi connectivity index (χ0v) is 11.8. The number of aromatic nitrogens is 4. The second-order valence-corrected chi connectivity index (χ2v) is 4.70. The highest BCUT2D eigenvalue weighted by Crippen LogP contribution is 2.22. The fourth-order valence-electron chi connectivity index (χ4n) is 2.06. The van der Waals surface area contributed by atoms with Gasteiger partial charge in [-0.15, -0.1) is 5.10 Å². The summed E-state index contributed by atoms with van der Waals surface area (Å²) in [5, 5.41) is 11.9. The second-order valence-electron chi connectivity index (χ2n) is 4.70. The lowest BCUT2D eigenvalue weighted by Gasteiger charge is -2.10. The van der Waals surface area contributed by atoms with E-state index in [-0.39, 0.29) is 30.8 Å². The van der Waals surface area contributed by atoms with Crippen molar-refractivity contribution in [2.45, 2.75) is 39.7 Å². The minimum absolute atomic E-state index is 0.141. The van der Waals surface area contributed by atoms with Crippen LogP contribution in [0.3, 0.4) is 0 Å². The van der Waals surface area contributed by atoms with Crippen molar-refractivity contribution < 1.29 is 14.3 Å². The third-order valence-corrected chi connectivity index (χ3v) is 3.14. The second kappa shape index (κ2) is 6.44. The lowest BCUT2D eigenvalue weighted by molar-refractivity contribution is -0.147. The highest BCUT2D eigenvalue weighted by molar-refractivity contribution is 5.98. The van der Waals surface area contributed by atoms with Crippen molar-refractivity contribution in [2.24, 2.45) is 5.92 Å². The summed E-state index contributed by atoms with van der Waals surface area (Å²) in [6.07, 6.45) is 2.13. The number of aryl methyl sites for hydroxylation is 1. The van der Waals surface area contributed by atoms with Crippen LogP contribution in [0.2, 0.25) is 0 Å². The van der Waals surface area contributed by atoms with Gasteiger partial charge in [-0.25, -0.2) is 0 Å². The Hall–Kier alpha value is -1.99. The maximum absolute atomic E-state index is 11.9. The van der Waals surface area contributed by atoms with Gasteiger partial charge in [0.2, 0.25) is 5.91 Å². The average Bonchev–Trinajstić information content (AvgIpc) is 3.03. The van der Waals surface area contributed by atoms with Crippen LogP contribution in [0.25, 0.3) is 0 Å². The van der Waals surface area contributed by atoms with Crippen molar-refractivity contribution in [3.05, 3.63) is 0 Å². The summed E-state index contributed by atoms with van der Waals surface area (Å²) in [5.74, 6) is -0.692. The SMILES string of the molecule is CCCCn1nnc(N2CC(C(=O)OCC)CC2=O)n1. The Labute approximate surface area is 117 Å². The van der Waals surface area contributed by atoms with Crippen LogP contribution in [0.15, 0.2) is 0 Å². The van der Waals surface area contributed by atoms with Crippen molar-refractivity contribution in [2.75, 3.05) is 18.1 Å². The molecule has 1 amide bonds. The van der Waals surface area contributed by atoms with Crippen molar-refractivity contribution in [1.82, 2.24) is 20.2 Å². The van der Waals surface area contributed by atoms with E-state index in [1.54, 1.807) is 6.92 Å². The first-order valence-electron chi connectivity index (χ1n) is 6.90. The van der Waals surface area contributed by atoms with E-state index in [2.05, 4.69) is 22.3 Å². The molecule has 0 bridgehead atoms. The van der Waals surface area contributed by atoms with Crippen molar-refractivity contribution in [1.29, 1.82) is 0 Å². The standard InChI is InChI=1S/C12H19N5O3/c1-3-5-6-17-14-12(13-15-17)16-8-9(7-10(16)18)11(19)20-4-2/h9H,3-8H2,1-2H3. The number of rotatable bonds is 6. The van der Waals surface area contributed by atoms with E-state index in [1.807, 2.05) is 0 Å². The number of unbranched alkanes of at least 4 members (excludes halogenated alkanes) is 1. The predicted octanol–water partition coefficient (Wildman–Crippen LogP) is 0.389. The Kier molecular flexibility index (Phi) is 4.65. The lowest BCUT2D eigenvalue weighted by Crippen LogP contribution is -2.27. The number of hydrogen-bond donors (Lipinski definition) is 0. The maximum atomic E-state index is 11.9. The highest BCUT2D eigenvalue weighted by Gasteiger charge is 2.37. The Balaban J connectivity index is 2.00. The summed E-state index contributed by atoms with van der Waals surface area (Å²) in [7, 11) is 0. The molecule has 0 saturated carbocycles. The number of esters is 1. The van der Waals surface area contributed by atoms with E-state index in [0.29, 0.717) is 13.2 Å². The predicted molar refractivity (Wildman–Crippen MR) is 69.8 cm³/mol. The number of anilines is 1.